The number of carbonyl (C=O) groups is 2. The molecule has 0 fully saturated rings. The molecule has 6 nitrogen and oxygen atoms in total. The average molecular weight is 395 g/mol. The normalized spacial score (nSPS) is 10.8. The number of likely N-dealkylation sites (N-methyl/N-ethyl adjacent to an activating group) is 1. The van der Waals surface area contributed by atoms with E-state index in [-0.39, 0.29) is 18.4 Å². The van der Waals surface area contributed by atoms with Crippen molar-refractivity contribution in [1.29, 1.82) is 0 Å². The van der Waals surface area contributed by atoms with Gasteiger partial charge in [0, 0.05) is 24.9 Å². The molecule has 0 radical (unpaired) electrons. The summed E-state index contributed by atoms with van der Waals surface area (Å²) in [6.45, 7) is -0.0856. The lowest BCUT2D eigenvalue weighted by Crippen LogP contribution is -2.33. The van der Waals surface area contributed by atoms with Crippen LogP contribution in [0.25, 0.3) is 11.8 Å². The Kier molecular flexibility index (Phi) is 6.24. The summed E-state index contributed by atoms with van der Waals surface area (Å²) in [6.07, 6.45) is 6.57. The highest BCUT2D eigenvalue weighted by Crippen LogP contribution is 2.20. The lowest BCUT2D eigenvalue weighted by Gasteiger charge is -2.15. The van der Waals surface area contributed by atoms with Crippen molar-refractivity contribution >= 4 is 35.2 Å². The number of rotatable bonds is 6. The molecule has 2 amide bonds. The van der Waals surface area contributed by atoms with Crippen LogP contribution >= 0.6 is 11.6 Å². The quantitative estimate of drug-likeness (QED) is 0.649. The van der Waals surface area contributed by atoms with Crippen LogP contribution in [0.2, 0.25) is 5.02 Å². The minimum absolute atomic E-state index is 0.0856. The summed E-state index contributed by atoms with van der Waals surface area (Å²) >= 11 is 6.02. The van der Waals surface area contributed by atoms with Gasteiger partial charge in [-0.3, -0.25) is 9.59 Å². The van der Waals surface area contributed by atoms with Crippen LogP contribution < -0.4 is 5.32 Å². The molecule has 28 heavy (non-hydrogen) atoms. The molecule has 0 unspecified atom stereocenters. The summed E-state index contributed by atoms with van der Waals surface area (Å²) in [5.74, 6) is -0.615. The van der Waals surface area contributed by atoms with Gasteiger partial charge < -0.3 is 10.2 Å². The number of amides is 2. The molecule has 0 bridgehead atoms. The number of para-hydroxylation sites is 2. The number of halogens is 1. The maximum atomic E-state index is 12.3. The molecule has 0 aliphatic rings. The molecule has 0 saturated heterocycles. The van der Waals surface area contributed by atoms with Crippen LogP contribution in [0.15, 0.2) is 73.1 Å². The summed E-state index contributed by atoms with van der Waals surface area (Å²) in [7, 11) is 1.56. The number of carbonyl (C=O) groups excluding carboxylic acids is 2. The van der Waals surface area contributed by atoms with Crippen molar-refractivity contribution in [3.63, 3.8) is 0 Å². The van der Waals surface area contributed by atoms with Gasteiger partial charge in [0.2, 0.25) is 11.8 Å². The number of anilines is 1. The Morgan fingerprint density at radius 2 is 1.86 bits per heavy atom. The third-order valence-corrected chi connectivity index (χ3v) is 4.28. The highest BCUT2D eigenvalue weighted by Gasteiger charge is 2.12. The summed E-state index contributed by atoms with van der Waals surface area (Å²) < 4.78 is 1.73. The van der Waals surface area contributed by atoms with Crippen molar-refractivity contribution in [1.82, 2.24) is 14.7 Å². The van der Waals surface area contributed by atoms with Crippen LogP contribution in [-0.4, -0.2) is 40.1 Å². The van der Waals surface area contributed by atoms with E-state index in [1.165, 1.54) is 11.0 Å². The van der Waals surface area contributed by atoms with Crippen LogP contribution in [0.4, 0.5) is 5.69 Å². The fourth-order valence-electron chi connectivity index (χ4n) is 2.49. The number of hydrogen-bond donors (Lipinski definition) is 1. The number of hydrogen-bond acceptors (Lipinski definition) is 3. The summed E-state index contributed by atoms with van der Waals surface area (Å²) in [6, 6.07) is 16.6. The molecular formula is C21H19ClN4O2. The summed E-state index contributed by atoms with van der Waals surface area (Å²) in [4.78, 5) is 25.7. The average Bonchev–Trinajstić information content (AvgIpc) is 3.17. The molecule has 142 valence electrons. The third kappa shape index (κ3) is 5.08. The van der Waals surface area contributed by atoms with Crippen molar-refractivity contribution < 1.29 is 9.59 Å². The second-order valence-electron chi connectivity index (χ2n) is 6.11. The van der Waals surface area contributed by atoms with E-state index in [0.717, 1.165) is 11.3 Å². The third-order valence-electron chi connectivity index (χ3n) is 3.95. The van der Waals surface area contributed by atoms with Crippen LogP contribution in [0.3, 0.4) is 0 Å². The molecule has 1 aromatic heterocycles. The van der Waals surface area contributed by atoms with Crippen molar-refractivity contribution in [3.8, 4) is 5.69 Å². The van der Waals surface area contributed by atoms with E-state index in [1.807, 2.05) is 36.5 Å². The largest absolute Gasteiger partial charge is 0.333 e. The number of nitrogens with zero attached hydrogens (tertiary/aromatic N) is 3. The molecule has 3 rings (SSSR count). The predicted molar refractivity (Wildman–Crippen MR) is 110 cm³/mol. The molecule has 0 atom stereocenters. The van der Waals surface area contributed by atoms with Gasteiger partial charge in [0.1, 0.15) is 0 Å². The van der Waals surface area contributed by atoms with Gasteiger partial charge in [-0.15, -0.1) is 0 Å². The molecule has 1 heterocycles. The predicted octanol–water partition coefficient (Wildman–Crippen LogP) is 3.64. The molecule has 3 aromatic rings. The van der Waals surface area contributed by atoms with Crippen LogP contribution in [-0.2, 0) is 9.59 Å². The number of aromatic nitrogens is 2. The molecule has 1 N–H and O–H groups in total. The second kappa shape index (κ2) is 9.01. The molecule has 0 spiro atoms. The SMILES string of the molecule is CN(CC(=O)Nc1ccccc1Cl)C(=O)/C=C/c1cnn(-c2ccccc2)c1. The van der Waals surface area contributed by atoms with E-state index in [4.69, 9.17) is 11.6 Å². The van der Waals surface area contributed by atoms with Crippen molar-refractivity contribution in [2.75, 3.05) is 18.9 Å². The van der Waals surface area contributed by atoms with Crippen LogP contribution in [0, 0.1) is 0 Å². The van der Waals surface area contributed by atoms with E-state index >= 15 is 0 Å². The smallest absolute Gasteiger partial charge is 0.246 e. The van der Waals surface area contributed by atoms with E-state index < -0.39 is 0 Å². The highest BCUT2D eigenvalue weighted by molar-refractivity contribution is 6.33. The second-order valence-corrected chi connectivity index (χ2v) is 6.52. The Morgan fingerprint density at radius 1 is 1.14 bits per heavy atom. The van der Waals surface area contributed by atoms with E-state index in [9.17, 15) is 9.59 Å². The Bertz CT molecular complexity index is 998. The summed E-state index contributed by atoms with van der Waals surface area (Å²) in [5, 5.41) is 7.41. The van der Waals surface area contributed by atoms with E-state index in [0.29, 0.717) is 10.7 Å². The lowest BCUT2D eigenvalue weighted by molar-refractivity contribution is -0.129. The van der Waals surface area contributed by atoms with E-state index in [2.05, 4.69) is 10.4 Å². The van der Waals surface area contributed by atoms with Gasteiger partial charge >= 0.3 is 0 Å². The molecule has 0 aliphatic heterocycles. The monoisotopic (exact) mass is 394 g/mol. The molecular weight excluding hydrogens is 376 g/mol. The fraction of sp³-hybridized carbons (Fsp3) is 0.0952. The zero-order valence-electron chi connectivity index (χ0n) is 15.2. The zero-order chi connectivity index (χ0) is 19.9. The first-order chi connectivity index (χ1) is 13.5. The molecule has 7 heteroatoms. The minimum Gasteiger partial charge on any atom is -0.333 e. The topological polar surface area (TPSA) is 67.2 Å². The standard InChI is InChI=1S/C21H19ClN4O2/c1-25(15-20(27)24-19-10-6-5-9-18(19)22)21(28)12-11-16-13-23-26(14-16)17-7-3-2-4-8-17/h2-14H,15H2,1H3,(H,24,27)/b12-11+. The number of nitrogens with one attached hydrogen (secondary N) is 1. The summed E-state index contributed by atoms with van der Waals surface area (Å²) in [5.41, 5.74) is 2.23. The Morgan fingerprint density at radius 3 is 2.61 bits per heavy atom. The maximum absolute atomic E-state index is 12.3. The number of benzene rings is 2. The first-order valence-corrected chi connectivity index (χ1v) is 8.98. The van der Waals surface area contributed by atoms with Gasteiger partial charge in [0.05, 0.1) is 29.1 Å². The van der Waals surface area contributed by atoms with E-state index in [1.54, 1.807) is 48.3 Å². The van der Waals surface area contributed by atoms with Gasteiger partial charge in [-0.1, -0.05) is 41.9 Å². The van der Waals surface area contributed by atoms with Gasteiger partial charge in [-0.05, 0) is 30.3 Å². The Balaban J connectivity index is 1.56. The fourth-order valence-corrected chi connectivity index (χ4v) is 2.67. The van der Waals surface area contributed by atoms with Crippen molar-refractivity contribution in [2.24, 2.45) is 0 Å². The van der Waals surface area contributed by atoms with Gasteiger partial charge in [-0.2, -0.15) is 5.10 Å². The lowest BCUT2D eigenvalue weighted by atomic mass is 10.3. The van der Waals surface area contributed by atoms with Crippen molar-refractivity contribution in [3.05, 3.63) is 83.7 Å². The van der Waals surface area contributed by atoms with Gasteiger partial charge in [0.15, 0.2) is 0 Å². The minimum atomic E-state index is -0.325. The maximum Gasteiger partial charge on any atom is 0.246 e. The van der Waals surface area contributed by atoms with Gasteiger partial charge in [0.25, 0.3) is 0 Å². The first-order valence-electron chi connectivity index (χ1n) is 8.60. The molecule has 0 aliphatic carbocycles. The van der Waals surface area contributed by atoms with Crippen LogP contribution in [0.1, 0.15) is 5.56 Å². The van der Waals surface area contributed by atoms with Crippen molar-refractivity contribution in [2.45, 2.75) is 0 Å². The molecule has 0 saturated carbocycles. The molecule has 2 aromatic carbocycles. The Hall–Kier alpha value is -3.38. The highest BCUT2D eigenvalue weighted by atomic mass is 35.5. The zero-order valence-corrected chi connectivity index (χ0v) is 16.0. The Labute approximate surface area is 168 Å². The van der Waals surface area contributed by atoms with Gasteiger partial charge in [-0.25, -0.2) is 4.68 Å². The first kappa shape index (κ1) is 19.4. The van der Waals surface area contributed by atoms with Crippen LogP contribution in [0.5, 0.6) is 0 Å².